The summed E-state index contributed by atoms with van der Waals surface area (Å²) in [5, 5.41) is 3.47. The lowest BCUT2D eigenvalue weighted by Crippen LogP contribution is -2.32. The van der Waals surface area contributed by atoms with Crippen LogP contribution in [0.1, 0.15) is 30.7 Å². The first-order valence-electron chi connectivity index (χ1n) is 6.16. The zero-order valence-corrected chi connectivity index (χ0v) is 13.1. The average molecular weight is 268 g/mol. The van der Waals surface area contributed by atoms with Crippen LogP contribution in [-0.4, -0.2) is 29.6 Å². The summed E-state index contributed by atoms with van der Waals surface area (Å²) in [6.07, 6.45) is 4.02. The highest BCUT2D eigenvalue weighted by atomic mass is 32.2. The van der Waals surface area contributed by atoms with Gasteiger partial charge < -0.3 is 10.1 Å². The Labute approximate surface area is 115 Å². The molecule has 1 heterocycles. The second-order valence-corrected chi connectivity index (χ2v) is 6.63. The predicted octanol–water partition coefficient (Wildman–Crippen LogP) is 2.94. The molecule has 0 aliphatic heterocycles. The molecule has 0 fully saturated rings. The molecule has 0 saturated heterocycles. The van der Waals surface area contributed by atoms with Crippen LogP contribution < -0.4 is 10.1 Å². The van der Waals surface area contributed by atoms with E-state index in [9.17, 15) is 0 Å². The van der Waals surface area contributed by atoms with Gasteiger partial charge in [0.2, 0.25) is 0 Å². The molecule has 0 aliphatic rings. The Balaban J connectivity index is 2.69. The summed E-state index contributed by atoms with van der Waals surface area (Å²) < 4.78 is 5.67. The van der Waals surface area contributed by atoms with Gasteiger partial charge in [0.25, 0.3) is 0 Å². The highest BCUT2D eigenvalue weighted by molar-refractivity contribution is 7.99. The quantitative estimate of drug-likeness (QED) is 0.860. The van der Waals surface area contributed by atoms with Crippen molar-refractivity contribution in [1.29, 1.82) is 0 Å². The number of aromatic nitrogens is 1. The fraction of sp³-hybridized carbons (Fsp3) is 0.643. The summed E-state index contributed by atoms with van der Waals surface area (Å²) in [7, 11) is 1.71. The molecule has 0 spiro atoms. The molecule has 0 atom stereocenters. The maximum absolute atomic E-state index is 5.41. The summed E-state index contributed by atoms with van der Waals surface area (Å²) >= 11 is 1.87. The summed E-state index contributed by atoms with van der Waals surface area (Å²) in [4.78, 5) is 4.48. The first-order chi connectivity index (χ1) is 8.41. The largest absolute Gasteiger partial charge is 0.496 e. The van der Waals surface area contributed by atoms with Gasteiger partial charge in [-0.05, 0) is 34.0 Å². The van der Waals surface area contributed by atoms with Crippen LogP contribution in [0.3, 0.4) is 0 Å². The fourth-order valence-electron chi connectivity index (χ4n) is 1.80. The molecule has 1 N–H and O–H groups in total. The molecule has 1 aromatic rings. The Bertz CT molecular complexity index is 405. The summed E-state index contributed by atoms with van der Waals surface area (Å²) in [6.45, 7) is 10.3. The molecule has 4 heteroatoms. The molecule has 3 nitrogen and oxygen atoms in total. The van der Waals surface area contributed by atoms with Gasteiger partial charge in [0.1, 0.15) is 5.75 Å². The van der Waals surface area contributed by atoms with Crippen LogP contribution >= 0.6 is 11.8 Å². The van der Waals surface area contributed by atoms with Crippen molar-refractivity contribution >= 4 is 11.8 Å². The van der Waals surface area contributed by atoms with Crippen molar-refractivity contribution in [2.45, 2.75) is 39.0 Å². The van der Waals surface area contributed by atoms with Crippen LogP contribution in [0.25, 0.3) is 0 Å². The molecule has 0 aromatic carbocycles. The Morgan fingerprint density at radius 1 is 1.39 bits per heavy atom. The van der Waals surface area contributed by atoms with E-state index in [-0.39, 0.29) is 4.75 Å². The number of rotatable bonds is 6. The van der Waals surface area contributed by atoms with Gasteiger partial charge >= 0.3 is 0 Å². The van der Waals surface area contributed by atoms with E-state index in [0.717, 1.165) is 35.7 Å². The van der Waals surface area contributed by atoms with Crippen LogP contribution in [-0.2, 0) is 6.54 Å². The number of thioether (sulfide) groups is 1. The second kappa shape index (κ2) is 6.43. The number of ether oxygens (including phenoxy) is 1. The van der Waals surface area contributed by atoms with E-state index < -0.39 is 0 Å². The third kappa shape index (κ3) is 3.89. The minimum absolute atomic E-state index is 0.253. The summed E-state index contributed by atoms with van der Waals surface area (Å²) in [5.74, 6) is 0.950. The smallest absolute Gasteiger partial charge is 0.128 e. The zero-order valence-electron chi connectivity index (χ0n) is 12.3. The van der Waals surface area contributed by atoms with Crippen molar-refractivity contribution in [3.63, 3.8) is 0 Å². The number of hydrogen-bond donors (Lipinski definition) is 1. The van der Waals surface area contributed by atoms with E-state index in [0.29, 0.717) is 0 Å². The summed E-state index contributed by atoms with van der Waals surface area (Å²) in [6, 6.07) is 0. The second-order valence-electron chi connectivity index (χ2n) is 5.11. The molecular formula is C14H24N2OS. The zero-order chi connectivity index (χ0) is 13.8. The van der Waals surface area contributed by atoms with Crippen LogP contribution in [0.5, 0.6) is 5.75 Å². The molecule has 1 aromatic heterocycles. The van der Waals surface area contributed by atoms with E-state index in [1.54, 1.807) is 7.11 Å². The van der Waals surface area contributed by atoms with Gasteiger partial charge in [-0.1, -0.05) is 0 Å². The number of methoxy groups -OCH3 is 1. The van der Waals surface area contributed by atoms with E-state index >= 15 is 0 Å². The van der Waals surface area contributed by atoms with Crippen LogP contribution in [0.4, 0.5) is 0 Å². The van der Waals surface area contributed by atoms with Gasteiger partial charge in [0.05, 0.1) is 12.8 Å². The van der Waals surface area contributed by atoms with Crippen molar-refractivity contribution in [3.05, 3.63) is 23.0 Å². The van der Waals surface area contributed by atoms with Gasteiger partial charge in [0.15, 0.2) is 0 Å². The monoisotopic (exact) mass is 268 g/mol. The minimum atomic E-state index is 0.253. The SMILES string of the molecule is COc1c(C)cnc(CNCC(C)(C)SC)c1C. The molecule has 102 valence electrons. The van der Waals surface area contributed by atoms with Gasteiger partial charge in [-0.2, -0.15) is 11.8 Å². The minimum Gasteiger partial charge on any atom is -0.496 e. The average Bonchev–Trinajstić information content (AvgIpc) is 2.33. The Morgan fingerprint density at radius 3 is 2.61 bits per heavy atom. The third-order valence-corrected chi connectivity index (χ3v) is 4.40. The van der Waals surface area contributed by atoms with Crippen molar-refractivity contribution < 1.29 is 4.74 Å². The lowest BCUT2D eigenvalue weighted by atomic mass is 10.1. The van der Waals surface area contributed by atoms with Crippen molar-refractivity contribution in [2.75, 3.05) is 19.9 Å². The first kappa shape index (κ1) is 15.3. The van der Waals surface area contributed by atoms with E-state index in [1.165, 1.54) is 0 Å². The number of pyridine rings is 1. The van der Waals surface area contributed by atoms with Crippen molar-refractivity contribution in [2.24, 2.45) is 0 Å². The van der Waals surface area contributed by atoms with E-state index in [2.05, 4.69) is 37.3 Å². The molecule has 0 amide bonds. The van der Waals surface area contributed by atoms with Crippen LogP contribution in [0.15, 0.2) is 6.20 Å². The first-order valence-corrected chi connectivity index (χ1v) is 7.38. The third-order valence-electron chi connectivity index (χ3n) is 3.15. The van der Waals surface area contributed by atoms with Gasteiger partial charge in [-0.25, -0.2) is 0 Å². The van der Waals surface area contributed by atoms with Crippen molar-refractivity contribution in [3.8, 4) is 5.75 Å². The van der Waals surface area contributed by atoms with Crippen molar-refractivity contribution in [1.82, 2.24) is 10.3 Å². The normalized spacial score (nSPS) is 11.7. The van der Waals surface area contributed by atoms with Gasteiger partial charge in [0, 0.05) is 35.2 Å². The molecule has 0 radical (unpaired) electrons. The van der Waals surface area contributed by atoms with Crippen LogP contribution in [0, 0.1) is 13.8 Å². The molecule has 0 saturated carbocycles. The van der Waals surface area contributed by atoms with E-state index in [1.807, 2.05) is 24.9 Å². The number of nitrogens with one attached hydrogen (secondary N) is 1. The molecule has 0 bridgehead atoms. The maximum atomic E-state index is 5.41. The van der Waals surface area contributed by atoms with Crippen LogP contribution in [0.2, 0.25) is 0 Å². The number of aryl methyl sites for hydroxylation is 1. The Kier molecular flexibility index (Phi) is 5.47. The van der Waals surface area contributed by atoms with E-state index in [4.69, 9.17) is 4.74 Å². The lowest BCUT2D eigenvalue weighted by Gasteiger charge is -2.22. The molecule has 1 rings (SSSR count). The predicted molar refractivity (Wildman–Crippen MR) is 79.6 cm³/mol. The molecule has 0 unspecified atom stereocenters. The Morgan fingerprint density at radius 2 is 2.06 bits per heavy atom. The van der Waals surface area contributed by atoms with Gasteiger partial charge in [-0.15, -0.1) is 0 Å². The number of hydrogen-bond acceptors (Lipinski definition) is 4. The number of nitrogens with zero attached hydrogens (tertiary/aromatic N) is 1. The highest BCUT2D eigenvalue weighted by Crippen LogP contribution is 2.24. The molecular weight excluding hydrogens is 244 g/mol. The fourth-order valence-corrected chi connectivity index (χ4v) is 2.05. The van der Waals surface area contributed by atoms with Gasteiger partial charge in [-0.3, -0.25) is 4.98 Å². The molecule has 18 heavy (non-hydrogen) atoms. The Hall–Kier alpha value is -0.740. The topological polar surface area (TPSA) is 34.1 Å². The standard InChI is InChI=1S/C14H24N2OS/c1-10-7-16-12(11(2)13(10)17-5)8-15-9-14(3,4)18-6/h7,15H,8-9H2,1-6H3. The lowest BCUT2D eigenvalue weighted by molar-refractivity contribution is 0.406. The summed E-state index contributed by atoms with van der Waals surface area (Å²) in [5.41, 5.74) is 3.28. The highest BCUT2D eigenvalue weighted by Gasteiger charge is 2.16. The molecule has 0 aliphatic carbocycles. The maximum Gasteiger partial charge on any atom is 0.128 e.